The minimum atomic E-state index is -0.595. The zero-order valence-electron chi connectivity index (χ0n) is 13.8. The molecule has 1 aromatic heterocycles. The monoisotopic (exact) mass is 456 g/mol. The zero-order valence-corrected chi connectivity index (χ0v) is 17.0. The summed E-state index contributed by atoms with van der Waals surface area (Å²) in [6.45, 7) is 1.20. The van der Waals surface area contributed by atoms with Crippen LogP contribution in [-0.2, 0) is 14.3 Å². The first kappa shape index (κ1) is 24.1. The maximum atomic E-state index is 12.3. The summed E-state index contributed by atoms with van der Waals surface area (Å²) >= 11 is 3.27. The SMILES string of the molecule is CN(CC(=O)Nc1ccc(Br)cn1)C(=O)C(N)C1CCOCC1.Cl.Cl. The number of anilines is 1. The van der Waals surface area contributed by atoms with E-state index in [0.717, 1.165) is 17.3 Å². The Morgan fingerprint density at radius 3 is 2.60 bits per heavy atom. The van der Waals surface area contributed by atoms with E-state index >= 15 is 0 Å². The van der Waals surface area contributed by atoms with E-state index in [4.69, 9.17) is 10.5 Å². The van der Waals surface area contributed by atoms with E-state index in [0.29, 0.717) is 19.0 Å². The summed E-state index contributed by atoms with van der Waals surface area (Å²) in [5, 5.41) is 2.65. The molecule has 1 atom stereocenters. The number of nitrogens with one attached hydrogen (secondary N) is 1. The van der Waals surface area contributed by atoms with Gasteiger partial charge in [-0.2, -0.15) is 0 Å². The molecule has 0 spiro atoms. The first-order valence-corrected chi connectivity index (χ1v) is 8.26. The molecular formula is C15H23BrCl2N4O3. The van der Waals surface area contributed by atoms with Gasteiger partial charge in [-0.05, 0) is 46.8 Å². The molecule has 7 nitrogen and oxygen atoms in total. The molecule has 1 unspecified atom stereocenters. The van der Waals surface area contributed by atoms with Crippen molar-refractivity contribution in [1.82, 2.24) is 9.88 Å². The van der Waals surface area contributed by atoms with Gasteiger partial charge in [0.2, 0.25) is 11.8 Å². The molecule has 0 bridgehead atoms. The molecule has 1 aliphatic rings. The topological polar surface area (TPSA) is 97.6 Å². The molecule has 2 rings (SSSR count). The summed E-state index contributed by atoms with van der Waals surface area (Å²) in [7, 11) is 1.58. The Morgan fingerprint density at radius 2 is 2.04 bits per heavy atom. The van der Waals surface area contributed by atoms with Gasteiger partial charge in [-0.25, -0.2) is 4.98 Å². The second kappa shape index (κ2) is 11.6. The van der Waals surface area contributed by atoms with Crippen LogP contribution in [0.1, 0.15) is 12.8 Å². The molecular weight excluding hydrogens is 435 g/mol. The van der Waals surface area contributed by atoms with Gasteiger partial charge < -0.3 is 20.7 Å². The van der Waals surface area contributed by atoms with Crippen LogP contribution in [0, 0.1) is 5.92 Å². The minimum Gasteiger partial charge on any atom is -0.381 e. The molecule has 1 saturated heterocycles. The number of ether oxygens (including phenoxy) is 1. The number of nitrogens with zero attached hydrogens (tertiary/aromatic N) is 2. The van der Waals surface area contributed by atoms with Crippen molar-refractivity contribution in [3.63, 3.8) is 0 Å². The lowest BCUT2D eigenvalue weighted by Crippen LogP contribution is -2.49. The van der Waals surface area contributed by atoms with E-state index in [2.05, 4.69) is 26.2 Å². The molecule has 1 aliphatic heterocycles. The Labute approximate surface area is 168 Å². The fraction of sp³-hybridized carbons (Fsp3) is 0.533. The molecule has 0 aliphatic carbocycles. The van der Waals surface area contributed by atoms with E-state index in [9.17, 15) is 9.59 Å². The minimum absolute atomic E-state index is 0. The first-order chi connectivity index (χ1) is 11.0. The van der Waals surface area contributed by atoms with Gasteiger partial charge in [0.1, 0.15) is 5.82 Å². The Hall–Kier alpha value is -0.930. The number of carbonyl (C=O) groups excluding carboxylic acids is 2. The van der Waals surface area contributed by atoms with Gasteiger partial charge in [-0.1, -0.05) is 0 Å². The number of pyridine rings is 1. The second-order valence-corrected chi connectivity index (χ2v) is 6.50. The highest BCUT2D eigenvalue weighted by Crippen LogP contribution is 2.18. The van der Waals surface area contributed by atoms with Gasteiger partial charge in [0.05, 0.1) is 12.6 Å². The molecule has 0 saturated carbocycles. The van der Waals surface area contributed by atoms with Crippen molar-refractivity contribution in [2.24, 2.45) is 11.7 Å². The average molecular weight is 458 g/mol. The average Bonchev–Trinajstić information content (AvgIpc) is 2.56. The van der Waals surface area contributed by atoms with Crippen molar-refractivity contribution in [3.05, 3.63) is 22.8 Å². The summed E-state index contributed by atoms with van der Waals surface area (Å²) in [5.41, 5.74) is 6.04. The molecule has 142 valence electrons. The maximum absolute atomic E-state index is 12.3. The second-order valence-electron chi connectivity index (χ2n) is 5.58. The predicted octanol–water partition coefficient (Wildman–Crippen LogP) is 1.84. The van der Waals surface area contributed by atoms with Crippen molar-refractivity contribution < 1.29 is 14.3 Å². The predicted molar refractivity (Wildman–Crippen MR) is 104 cm³/mol. The number of amides is 2. The normalized spacial score (nSPS) is 15.3. The third-order valence-corrected chi connectivity index (χ3v) is 4.28. The quantitative estimate of drug-likeness (QED) is 0.702. The summed E-state index contributed by atoms with van der Waals surface area (Å²) < 4.78 is 6.10. The zero-order chi connectivity index (χ0) is 16.8. The molecule has 2 heterocycles. The van der Waals surface area contributed by atoms with Crippen LogP contribution in [0.15, 0.2) is 22.8 Å². The van der Waals surface area contributed by atoms with E-state index in [1.807, 2.05) is 0 Å². The summed E-state index contributed by atoms with van der Waals surface area (Å²) in [6.07, 6.45) is 3.14. The molecule has 3 N–H and O–H groups in total. The van der Waals surface area contributed by atoms with Crippen LogP contribution in [0.4, 0.5) is 5.82 Å². The lowest BCUT2D eigenvalue weighted by Gasteiger charge is -2.29. The van der Waals surface area contributed by atoms with Crippen LogP contribution >= 0.6 is 40.7 Å². The van der Waals surface area contributed by atoms with E-state index in [1.165, 1.54) is 4.90 Å². The number of hydrogen-bond acceptors (Lipinski definition) is 5. The maximum Gasteiger partial charge on any atom is 0.245 e. The number of likely N-dealkylation sites (N-methyl/N-ethyl adjacent to an activating group) is 1. The van der Waals surface area contributed by atoms with Gasteiger partial charge in [0.15, 0.2) is 0 Å². The highest BCUT2D eigenvalue weighted by atomic mass is 79.9. The Kier molecular flexibility index (Phi) is 11.2. The van der Waals surface area contributed by atoms with Crippen LogP contribution in [0.5, 0.6) is 0 Å². The standard InChI is InChI=1S/C15H21BrN4O3.2ClH/c1-20(15(22)14(17)10-4-6-23-7-5-10)9-13(21)19-12-3-2-11(16)8-18-12;;/h2-3,8,10,14H,4-7,9,17H2,1H3,(H,18,19,21);2*1H. The van der Waals surface area contributed by atoms with Gasteiger partial charge in [0, 0.05) is 30.9 Å². The van der Waals surface area contributed by atoms with Crippen LogP contribution in [0.25, 0.3) is 0 Å². The molecule has 10 heteroatoms. The highest BCUT2D eigenvalue weighted by Gasteiger charge is 2.29. The van der Waals surface area contributed by atoms with E-state index in [1.54, 1.807) is 25.4 Å². The third kappa shape index (κ3) is 7.45. The van der Waals surface area contributed by atoms with Gasteiger partial charge in [-0.15, -0.1) is 24.8 Å². The number of halogens is 3. The number of hydrogen-bond donors (Lipinski definition) is 2. The summed E-state index contributed by atoms with van der Waals surface area (Å²) in [4.78, 5) is 29.7. The van der Waals surface area contributed by atoms with Crippen molar-refractivity contribution >= 4 is 58.4 Å². The largest absolute Gasteiger partial charge is 0.381 e. The van der Waals surface area contributed by atoms with Crippen molar-refractivity contribution in [3.8, 4) is 0 Å². The van der Waals surface area contributed by atoms with Crippen LogP contribution in [0.2, 0.25) is 0 Å². The van der Waals surface area contributed by atoms with Crippen molar-refractivity contribution in [2.75, 3.05) is 32.1 Å². The lowest BCUT2D eigenvalue weighted by atomic mass is 9.91. The molecule has 2 amide bonds. The molecule has 1 fully saturated rings. The van der Waals surface area contributed by atoms with E-state index < -0.39 is 6.04 Å². The molecule has 0 radical (unpaired) electrons. The van der Waals surface area contributed by atoms with Crippen molar-refractivity contribution in [1.29, 1.82) is 0 Å². The molecule has 0 aromatic carbocycles. The van der Waals surface area contributed by atoms with Crippen molar-refractivity contribution in [2.45, 2.75) is 18.9 Å². The number of carbonyl (C=O) groups is 2. The van der Waals surface area contributed by atoms with Gasteiger partial charge in [-0.3, -0.25) is 9.59 Å². The van der Waals surface area contributed by atoms with E-state index in [-0.39, 0.29) is 49.1 Å². The fourth-order valence-corrected chi connectivity index (χ4v) is 2.69. The first-order valence-electron chi connectivity index (χ1n) is 7.47. The summed E-state index contributed by atoms with van der Waals surface area (Å²) in [5.74, 6) is 0.00773. The lowest BCUT2D eigenvalue weighted by molar-refractivity contribution is -0.136. The van der Waals surface area contributed by atoms with Crippen LogP contribution in [-0.4, -0.2) is 54.5 Å². The van der Waals surface area contributed by atoms with Crippen LogP contribution < -0.4 is 11.1 Å². The number of nitrogens with two attached hydrogens (primary N) is 1. The fourth-order valence-electron chi connectivity index (χ4n) is 2.46. The number of rotatable bonds is 5. The Morgan fingerprint density at radius 1 is 1.40 bits per heavy atom. The smallest absolute Gasteiger partial charge is 0.245 e. The third-order valence-electron chi connectivity index (χ3n) is 3.81. The summed E-state index contributed by atoms with van der Waals surface area (Å²) in [6, 6.07) is 2.86. The highest BCUT2D eigenvalue weighted by molar-refractivity contribution is 9.10. The van der Waals surface area contributed by atoms with Crippen LogP contribution in [0.3, 0.4) is 0 Å². The Balaban J connectivity index is 0.00000288. The Bertz CT molecular complexity index is 556. The molecule has 25 heavy (non-hydrogen) atoms. The van der Waals surface area contributed by atoms with Gasteiger partial charge >= 0.3 is 0 Å². The number of aromatic nitrogens is 1. The van der Waals surface area contributed by atoms with Gasteiger partial charge in [0.25, 0.3) is 0 Å². The molecule has 1 aromatic rings.